The lowest BCUT2D eigenvalue weighted by molar-refractivity contribution is 0.301. The standard InChI is InChI=1S/C28H41ClN4/c1-6-10-11-23-19-25(29)24(20-27(23)31-14-7-2)21-32-26(9-4)28(13-12-22(5)8-3)33-17-15-30-16-18-33/h7,9,11-14,19-20,30,32H,6,8,10,15-18,21H2,1-5H3/b14-7-,22-12+,23-11+,26-9+,28-13+,31-27+. The quantitative estimate of drug-likeness (QED) is 0.365. The first kappa shape index (κ1) is 26.9. The molecule has 0 bridgehead atoms. The lowest BCUT2D eigenvalue weighted by Crippen LogP contribution is -2.44. The monoisotopic (exact) mass is 468 g/mol. The first-order chi connectivity index (χ1) is 16.0. The summed E-state index contributed by atoms with van der Waals surface area (Å²) in [6.07, 6.45) is 20.0. The van der Waals surface area contributed by atoms with Crippen LogP contribution in [0.1, 0.15) is 53.9 Å². The average Bonchev–Trinajstić information content (AvgIpc) is 2.84. The molecule has 0 unspecified atom stereocenters. The fourth-order valence-electron chi connectivity index (χ4n) is 3.63. The SMILES string of the molecule is C\C=C/N=C1\C=C(CNC(=C/C)/C(=C\C=C(/C)CC)N2CCNCC2)C(Cl)=C\C1=C/CCC. The maximum atomic E-state index is 6.71. The van der Waals surface area contributed by atoms with Gasteiger partial charge in [-0.15, -0.1) is 0 Å². The van der Waals surface area contributed by atoms with Crippen LogP contribution >= 0.6 is 11.6 Å². The van der Waals surface area contributed by atoms with Crippen LogP contribution in [-0.2, 0) is 0 Å². The van der Waals surface area contributed by atoms with Crippen LogP contribution in [-0.4, -0.2) is 43.3 Å². The summed E-state index contributed by atoms with van der Waals surface area (Å²) < 4.78 is 0. The second-order valence-electron chi connectivity index (χ2n) is 8.32. The second-order valence-corrected chi connectivity index (χ2v) is 8.73. The van der Waals surface area contributed by atoms with Gasteiger partial charge in [-0.05, 0) is 63.0 Å². The summed E-state index contributed by atoms with van der Waals surface area (Å²) in [5.41, 5.74) is 6.83. The van der Waals surface area contributed by atoms with Crippen molar-refractivity contribution in [3.63, 3.8) is 0 Å². The van der Waals surface area contributed by atoms with E-state index in [4.69, 9.17) is 11.6 Å². The van der Waals surface area contributed by atoms with Crippen molar-refractivity contribution in [3.8, 4) is 0 Å². The molecule has 33 heavy (non-hydrogen) atoms. The zero-order valence-corrected chi connectivity index (χ0v) is 21.8. The van der Waals surface area contributed by atoms with E-state index in [1.54, 1.807) is 0 Å². The molecule has 0 saturated carbocycles. The van der Waals surface area contributed by atoms with Gasteiger partial charge in [-0.25, -0.2) is 0 Å². The smallest absolute Gasteiger partial charge is 0.0703 e. The van der Waals surface area contributed by atoms with Gasteiger partial charge in [0.1, 0.15) is 0 Å². The molecule has 0 aromatic heterocycles. The summed E-state index contributed by atoms with van der Waals surface area (Å²) in [5, 5.41) is 7.88. The highest BCUT2D eigenvalue weighted by Gasteiger charge is 2.18. The van der Waals surface area contributed by atoms with Crippen LogP contribution in [0.3, 0.4) is 0 Å². The summed E-state index contributed by atoms with van der Waals surface area (Å²) in [7, 11) is 0. The van der Waals surface area contributed by atoms with Crippen molar-refractivity contribution in [2.24, 2.45) is 4.99 Å². The number of nitrogens with zero attached hydrogens (tertiary/aromatic N) is 2. The molecule has 1 fully saturated rings. The third kappa shape index (κ3) is 8.53. The summed E-state index contributed by atoms with van der Waals surface area (Å²) in [6.45, 7) is 15.3. The van der Waals surface area contributed by atoms with Crippen LogP contribution in [0, 0.1) is 0 Å². The van der Waals surface area contributed by atoms with Gasteiger partial charge >= 0.3 is 0 Å². The molecule has 0 atom stereocenters. The summed E-state index contributed by atoms with van der Waals surface area (Å²) >= 11 is 6.71. The van der Waals surface area contributed by atoms with Crippen molar-refractivity contribution in [1.82, 2.24) is 15.5 Å². The molecule has 1 heterocycles. The maximum absolute atomic E-state index is 6.71. The van der Waals surface area contributed by atoms with E-state index < -0.39 is 0 Å². The first-order valence-corrected chi connectivity index (χ1v) is 12.6. The van der Waals surface area contributed by atoms with Crippen molar-refractivity contribution < 1.29 is 0 Å². The fourth-order valence-corrected chi connectivity index (χ4v) is 3.87. The Labute approximate surface area is 206 Å². The zero-order chi connectivity index (χ0) is 24.1. The molecule has 0 amide bonds. The van der Waals surface area contributed by atoms with E-state index in [1.807, 2.05) is 25.3 Å². The predicted octanol–water partition coefficient (Wildman–Crippen LogP) is 6.39. The van der Waals surface area contributed by atoms with Crippen LogP contribution in [0.2, 0.25) is 0 Å². The molecular formula is C28H41ClN4. The number of aliphatic imine (C=N–C) groups is 1. The molecule has 180 valence electrons. The third-order valence-electron chi connectivity index (χ3n) is 5.79. The molecule has 0 aromatic carbocycles. The third-order valence-corrected chi connectivity index (χ3v) is 6.14. The van der Waals surface area contributed by atoms with Gasteiger partial charge in [0.25, 0.3) is 0 Å². The van der Waals surface area contributed by atoms with Crippen molar-refractivity contribution >= 4 is 17.3 Å². The van der Waals surface area contributed by atoms with Crippen LogP contribution in [0.15, 0.2) is 86.9 Å². The average molecular weight is 469 g/mol. The summed E-state index contributed by atoms with van der Waals surface area (Å²) in [5.74, 6) is 0. The van der Waals surface area contributed by atoms with E-state index in [1.165, 1.54) is 11.3 Å². The number of hydrogen-bond acceptors (Lipinski definition) is 4. The van der Waals surface area contributed by atoms with Crippen molar-refractivity contribution in [2.75, 3.05) is 32.7 Å². The Morgan fingerprint density at radius 2 is 1.94 bits per heavy atom. The van der Waals surface area contributed by atoms with E-state index in [0.717, 1.165) is 73.0 Å². The van der Waals surface area contributed by atoms with Crippen LogP contribution in [0.4, 0.5) is 0 Å². The molecule has 0 aromatic rings. The second kappa shape index (κ2) is 14.8. The number of hydrogen-bond donors (Lipinski definition) is 2. The van der Waals surface area contributed by atoms with Gasteiger partial charge in [0.05, 0.1) is 17.1 Å². The minimum Gasteiger partial charge on any atom is -0.380 e. The summed E-state index contributed by atoms with van der Waals surface area (Å²) in [4.78, 5) is 7.10. The maximum Gasteiger partial charge on any atom is 0.0703 e. The molecule has 2 rings (SSSR count). The minimum atomic E-state index is 0.644. The normalized spacial score (nSPS) is 21.2. The Hall–Kier alpha value is -2.30. The number of nitrogens with one attached hydrogen (secondary N) is 2. The van der Waals surface area contributed by atoms with Gasteiger partial charge in [0.15, 0.2) is 0 Å². The fraction of sp³-hybridized carbons (Fsp3) is 0.464. The van der Waals surface area contributed by atoms with Crippen LogP contribution in [0.5, 0.6) is 0 Å². The molecule has 0 radical (unpaired) electrons. The van der Waals surface area contributed by atoms with E-state index in [2.05, 4.69) is 78.6 Å². The van der Waals surface area contributed by atoms with Crippen molar-refractivity contribution in [3.05, 3.63) is 81.9 Å². The molecule has 0 spiro atoms. The Kier molecular flexibility index (Phi) is 12.1. The molecule has 1 aliphatic carbocycles. The Bertz CT molecular complexity index is 891. The van der Waals surface area contributed by atoms with E-state index in [9.17, 15) is 0 Å². The van der Waals surface area contributed by atoms with E-state index in [0.29, 0.717) is 6.54 Å². The predicted molar refractivity (Wildman–Crippen MR) is 146 cm³/mol. The number of rotatable bonds is 10. The summed E-state index contributed by atoms with van der Waals surface area (Å²) in [6, 6.07) is 0. The Morgan fingerprint density at radius 1 is 1.18 bits per heavy atom. The highest BCUT2D eigenvalue weighted by molar-refractivity contribution is 6.34. The van der Waals surface area contributed by atoms with Gasteiger partial charge in [0, 0.05) is 44.0 Å². The van der Waals surface area contributed by atoms with E-state index in [-0.39, 0.29) is 0 Å². The molecule has 4 nitrogen and oxygen atoms in total. The highest BCUT2D eigenvalue weighted by Crippen LogP contribution is 2.25. The molecule has 2 N–H and O–H groups in total. The van der Waals surface area contributed by atoms with Gasteiger partial charge in [0.2, 0.25) is 0 Å². The van der Waals surface area contributed by atoms with Crippen molar-refractivity contribution in [1.29, 1.82) is 0 Å². The van der Waals surface area contributed by atoms with Gasteiger partial charge in [-0.3, -0.25) is 4.99 Å². The topological polar surface area (TPSA) is 39.7 Å². The molecule has 1 saturated heterocycles. The molecule has 1 aliphatic heterocycles. The zero-order valence-electron chi connectivity index (χ0n) is 21.0. The number of halogens is 1. The van der Waals surface area contributed by atoms with Crippen LogP contribution in [0.25, 0.3) is 0 Å². The highest BCUT2D eigenvalue weighted by atomic mass is 35.5. The number of unbranched alkanes of at least 4 members (excludes halogenated alkanes) is 1. The van der Waals surface area contributed by atoms with E-state index >= 15 is 0 Å². The van der Waals surface area contributed by atoms with Crippen molar-refractivity contribution in [2.45, 2.75) is 53.9 Å². The number of allylic oxidation sites excluding steroid dienone is 9. The Balaban J connectivity index is 2.27. The largest absolute Gasteiger partial charge is 0.380 e. The van der Waals surface area contributed by atoms with Gasteiger partial charge in [-0.2, -0.15) is 0 Å². The molecule has 5 heteroatoms. The minimum absolute atomic E-state index is 0.644. The first-order valence-electron chi connectivity index (χ1n) is 12.2. The lowest BCUT2D eigenvalue weighted by atomic mass is 9.98. The Morgan fingerprint density at radius 3 is 2.58 bits per heavy atom. The van der Waals surface area contributed by atoms with Crippen LogP contribution < -0.4 is 10.6 Å². The molecule has 2 aliphatic rings. The van der Waals surface area contributed by atoms with Gasteiger partial charge < -0.3 is 15.5 Å². The lowest BCUT2D eigenvalue weighted by Gasteiger charge is -2.33. The molecular weight excluding hydrogens is 428 g/mol. The van der Waals surface area contributed by atoms with Gasteiger partial charge in [-0.1, -0.05) is 61.7 Å². The number of piperazine rings is 1.